The smallest absolute Gasteiger partial charge is 0.225 e. The molecule has 0 aliphatic carbocycles. The second-order valence-electron chi connectivity index (χ2n) is 5.65. The third-order valence-corrected chi connectivity index (χ3v) is 4.33. The molecule has 5 nitrogen and oxygen atoms in total. The van der Waals surface area contributed by atoms with Crippen molar-refractivity contribution < 1.29 is 9.59 Å². The van der Waals surface area contributed by atoms with Gasteiger partial charge in [0.1, 0.15) is 0 Å². The molecule has 1 atom stereocenters. The molecule has 2 saturated heterocycles. The molecule has 3 N–H and O–H groups in total. The van der Waals surface area contributed by atoms with Crippen LogP contribution in [0, 0.1) is 17.8 Å². The first-order chi connectivity index (χ1) is 8.58. The molecular weight excluding hydrogens is 230 g/mol. The first kappa shape index (κ1) is 13.3. The van der Waals surface area contributed by atoms with Gasteiger partial charge in [-0.25, -0.2) is 0 Å². The minimum absolute atomic E-state index is 0.124. The molecule has 0 aromatic heterocycles. The summed E-state index contributed by atoms with van der Waals surface area (Å²) >= 11 is 0. The standard InChI is InChI=1S/C13H23N3O2/c1-9(11-7-15-8-11)13(18)16-4-2-10(3-5-16)6-12(14)17/h9-11,15H,2-8H2,1H3,(H2,14,17). The van der Waals surface area contributed by atoms with Crippen LogP contribution in [0.5, 0.6) is 0 Å². The summed E-state index contributed by atoms with van der Waals surface area (Å²) in [4.78, 5) is 25.1. The number of primary amides is 1. The molecule has 18 heavy (non-hydrogen) atoms. The highest BCUT2D eigenvalue weighted by Crippen LogP contribution is 2.24. The SMILES string of the molecule is CC(C(=O)N1CCC(CC(N)=O)CC1)C1CNC1. The van der Waals surface area contributed by atoms with Crippen LogP contribution in [0.2, 0.25) is 0 Å². The molecule has 2 heterocycles. The van der Waals surface area contributed by atoms with E-state index in [1.54, 1.807) is 0 Å². The topological polar surface area (TPSA) is 75.4 Å². The van der Waals surface area contributed by atoms with Gasteiger partial charge >= 0.3 is 0 Å². The molecule has 0 spiro atoms. The van der Waals surface area contributed by atoms with Crippen molar-refractivity contribution in [2.24, 2.45) is 23.5 Å². The fourth-order valence-electron chi connectivity index (χ4n) is 2.80. The number of nitrogens with zero attached hydrogens (tertiary/aromatic N) is 1. The van der Waals surface area contributed by atoms with Gasteiger partial charge in [0.2, 0.25) is 11.8 Å². The number of hydrogen-bond acceptors (Lipinski definition) is 3. The Morgan fingerprint density at radius 2 is 1.94 bits per heavy atom. The minimum Gasteiger partial charge on any atom is -0.370 e. The third kappa shape index (κ3) is 3.02. The second-order valence-corrected chi connectivity index (χ2v) is 5.65. The van der Waals surface area contributed by atoms with Gasteiger partial charge in [-0.3, -0.25) is 9.59 Å². The van der Waals surface area contributed by atoms with Crippen LogP contribution < -0.4 is 11.1 Å². The van der Waals surface area contributed by atoms with Crippen LogP contribution in [0.15, 0.2) is 0 Å². The van der Waals surface area contributed by atoms with E-state index in [0.717, 1.165) is 39.0 Å². The van der Waals surface area contributed by atoms with E-state index in [1.165, 1.54) is 0 Å². The monoisotopic (exact) mass is 253 g/mol. The van der Waals surface area contributed by atoms with Gasteiger partial charge in [-0.2, -0.15) is 0 Å². The Kier molecular flexibility index (Phi) is 4.22. The first-order valence-electron chi connectivity index (χ1n) is 6.85. The Hall–Kier alpha value is -1.10. The molecular formula is C13H23N3O2. The molecule has 102 valence electrons. The van der Waals surface area contributed by atoms with E-state index >= 15 is 0 Å². The predicted octanol–water partition coefficient (Wildman–Crippen LogP) is -0.0441. The number of nitrogens with one attached hydrogen (secondary N) is 1. The molecule has 5 heteroatoms. The number of carbonyl (C=O) groups excluding carboxylic acids is 2. The Balaban J connectivity index is 1.78. The zero-order chi connectivity index (χ0) is 13.1. The average Bonchev–Trinajstić information content (AvgIpc) is 2.26. The lowest BCUT2D eigenvalue weighted by atomic mass is 9.86. The Bertz CT molecular complexity index is 320. The van der Waals surface area contributed by atoms with Crippen LogP contribution in [0.25, 0.3) is 0 Å². The summed E-state index contributed by atoms with van der Waals surface area (Å²) < 4.78 is 0. The van der Waals surface area contributed by atoms with Gasteiger partial charge in [-0.1, -0.05) is 6.92 Å². The summed E-state index contributed by atoms with van der Waals surface area (Å²) in [7, 11) is 0. The first-order valence-corrected chi connectivity index (χ1v) is 6.85. The van der Waals surface area contributed by atoms with Crippen LogP contribution in [0.3, 0.4) is 0 Å². The van der Waals surface area contributed by atoms with E-state index < -0.39 is 0 Å². The van der Waals surface area contributed by atoms with Gasteiger partial charge in [-0.05, 0) is 37.8 Å². The van der Waals surface area contributed by atoms with E-state index in [9.17, 15) is 9.59 Å². The Morgan fingerprint density at radius 3 is 2.39 bits per heavy atom. The number of amides is 2. The Labute approximate surface area is 108 Å². The van der Waals surface area contributed by atoms with E-state index in [0.29, 0.717) is 18.3 Å². The maximum absolute atomic E-state index is 12.3. The summed E-state index contributed by atoms with van der Waals surface area (Å²) in [6.45, 7) is 5.52. The van der Waals surface area contributed by atoms with Crippen molar-refractivity contribution in [3.63, 3.8) is 0 Å². The molecule has 0 aromatic rings. The van der Waals surface area contributed by atoms with E-state index in [4.69, 9.17) is 5.73 Å². The lowest BCUT2D eigenvalue weighted by molar-refractivity contribution is -0.138. The summed E-state index contributed by atoms with van der Waals surface area (Å²) in [5.41, 5.74) is 5.20. The lowest BCUT2D eigenvalue weighted by Gasteiger charge is -2.37. The molecule has 0 bridgehead atoms. The zero-order valence-corrected chi connectivity index (χ0v) is 11.0. The van der Waals surface area contributed by atoms with Crippen molar-refractivity contribution in [2.75, 3.05) is 26.2 Å². The van der Waals surface area contributed by atoms with Crippen LogP contribution in [0.1, 0.15) is 26.2 Å². The number of rotatable bonds is 4. The van der Waals surface area contributed by atoms with Gasteiger partial charge < -0.3 is 16.0 Å². The van der Waals surface area contributed by atoms with Gasteiger partial charge in [0.05, 0.1) is 0 Å². The molecule has 0 radical (unpaired) electrons. The summed E-state index contributed by atoms with van der Waals surface area (Å²) in [5, 5.41) is 3.21. The predicted molar refractivity (Wildman–Crippen MR) is 68.6 cm³/mol. The molecule has 2 amide bonds. The van der Waals surface area contributed by atoms with Crippen molar-refractivity contribution in [1.82, 2.24) is 10.2 Å². The normalized spacial score (nSPS) is 23.5. The van der Waals surface area contributed by atoms with Crippen molar-refractivity contribution in [1.29, 1.82) is 0 Å². The molecule has 0 aromatic carbocycles. The summed E-state index contributed by atoms with van der Waals surface area (Å²) in [6, 6.07) is 0. The largest absolute Gasteiger partial charge is 0.370 e. The van der Waals surface area contributed by atoms with Crippen molar-refractivity contribution in [2.45, 2.75) is 26.2 Å². The molecule has 2 aliphatic heterocycles. The van der Waals surface area contributed by atoms with Crippen molar-refractivity contribution in [3.8, 4) is 0 Å². The van der Waals surface area contributed by atoms with Crippen LogP contribution in [-0.4, -0.2) is 42.9 Å². The molecule has 2 fully saturated rings. The maximum atomic E-state index is 12.3. The number of nitrogens with two attached hydrogens (primary N) is 1. The highest BCUT2D eigenvalue weighted by atomic mass is 16.2. The zero-order valence-electron chi connectivity index (χ0n) is 11.0. The molecule has 1 unspecified atom stereocenters. The van der Waals surface area contributed by atoms with Crippen LogP contribution in [0.4, 0.5) is 0 Å². The average molecular weight is 253 g/mol. The number of hydrogen-bond donors (Lipinski definition) is 2. The van der Waals surface area contributed by atoms with Gasteiger partial charge in [0.15, 0.2) is 0 Å². The number of piperidine rings is 1. The van der Waals surface area contributed by atoms with Crippen molar-refractivity contribution >= 4 is 11.8 Å². The molecule has 0 saturated carbocycles. The van der Waals surface area contributed by atoms with E-state index in [2.05, 4.69) is 5.32 Å². The highest BCUT2D eigenvalue weighted by Gasteiger charge is 2.33. The fourth-order valence-corrected chi connectivity index (χ4v) is 2.80. The quantitative estimate of drug-likeness (QED) is 0.738. The molecule has 2 rings (SSSR count). The van der Waals surface area contributed by atoms with E-state index in [-0.39, 0.29) is 17.7 Å². The minimum atomic E-state index is -0.228. The molecule has 2 aliphatic rings. The third-order valence-electron chi connectivity index (χ3n) is 4.33. The van der Waals surface area contributed by atoms with Crippen LogP contribution >= 0.6 is 0 Å². The fraction of sp³-hybridized carbons (Fsp3) is 0.846. The van der Waals surface area contributed by atoms with Crippen LogP contribution in [-0.2, 0) is 9.59 Å². The number of likely N-dealkylation sites (tertiary alicyclic amines) is 1. The Morgan fingerprint density at radius 1 is 1.33 bits per heavy atom. The van der Waals surface area contributed by atoms with Gasteiger partial charge in [-0.15, -0.1) is 0 Å². The van der Waals surface area contributed by atoms with Gasteiger partial charge in [0.25, 0.3) is 0 Å². The van der Waals surface area contributed by atoms with E-state index in [1.807, 2.05) is 11.8 Å². The van der Waals surface area contributed by atoms with Gasteiger partial charge in [0, 0.05) is 25.4 Å². The lowest BCUT2D eigenvalue weighted by Crippen LogP contribution is -2.51. The summed E-state index contributed by atoms with van der Waals surface area (Å²) in [5.74, 6) is 1.04. The highest BCUT2D eigenvalue weighted by molar-refractivity contribution is 5.79. The number of carbonyl (C=O) groups is 2. The summed E-state index contributed by atoms with van der Waals surface area (Å²) in [6.07, 6.45) is 2.28. The second kappa shape index (κ2) is 5.69. The van der Waals surface area contributed by atoms with Crippen molar-refractivity contribution in [3.05, 3.63) is 0 Å². The maximum Gasteiger partial charge on any atom is 0.225 e.